The Kier molecular flexibility index (Phi) is 4.90. The topological polar surface area (TPSA) is 67.4 Å². The molecule has 2 aliphatic rings. The predicted molar refractivity (Wildman–Crippen MR) is 112 cm³/mol. The quantitative estimate of drug-likeness (QED) is 0.668. The highest BCUT2D eigenvalue weighted by Gasteiger charge is 2.32. The summed E-state index contributed by atoms with van der Waals surface area (Å²) in [5, 5.41) is 8.70. The zero-order valence-electron chi connectivity index (χ0n) is 17.5. The number of fused-ring (bicyclic) bond motifs is 2. The number of carbonyl (C=O) groups is 1. The van der Waals surface area contributed by atoms with Gasteiger partial charge in [0.2, 0.25) is 0 Å². The Morgan fingerprint density at radius 1 is 1.23 bits per heavy atom. The molecule has 0 bridgehead atoms. The van der Waals surface area contributed by atoms with Gasteiger partial charge in [0, 0.05) is 50.0 Å². The van der Waals surface area contributed by atoms with Crippen LogP contribution in [0, 0.1) is 0 Å². The van der Waals surface area contributed by atoms with Crippen LogP contribution in [0.2, 0.25) is 0 Å². The lowest BCUT2D eigenvalue weighted by Gasteiger charge is -2.32. The van der Waals surface area contributed by atoms with E-state index in [1.807, 2.05) is 28.8 Å². The second-order valence-electron chi connectivity index (χ2n) is 8.45. The van der Waals surface area contributed by atoms with Gasteiger partial charge in [0.05, 0.1) is 5.69 Å². The smallest absolute Gasteiger partial charge is 0.274 e. The minimum absolute atomic E-state index is 0.0566. The summed E-state index contributed by atoms with van der Waals surface area (Å²) in [6.45, 7) is 2.15. The van der Waals surface area contributed by atoms with E-state index in [0.717, 1.165) is 50.0 Å². The van der Waals surface area contributed by atoms with E-state index in [4.69, 9.17) is 4.52 Å². The molecule has 0 fully saturated rings. The molecule has 1 atom stereocenters. The number of rotatable bonds is 4. The van der Waals surface area contributed by atoms with Crippen LogP contribution >= 0.6 is 0 Å². The number of likely N-dealkylation sites (N-methyl/N-ethyl adjacent to an activating group) is 1. The molecule has 7 heteroatoms. The van der Waals surface area contributed by atoms with Gasteiger partial charge in [-0.1, -0.05) is 29.4 Å². The van der Waals surface area contributed by atoms with Gasteiger partial charge in [0.15, 0.2) is 5.69 Å². The lowest BCUT2D eigenvalue weighted by atomic mass is 9.90. The Balaban J connectivity index is 1.36. The third-order valence-corrected chi connectivity index (χ3v) is 6.58. The van der Waals surface area contributed by atoms with E-state index < -0.39 is 0 Å². The molecule has 0 saturated heterocycles. The first-order chi connectivity index (χ1) is 14.6. The van der Waals surface area contributed by atoms with Crippen LogP contribution in [-0.4, -0.2) is 50.3 Å². The molecule has 0 N–H and O–H groups in total. The highest BCUT2D eigenvalue weighted by molar-refractivity contribution is 5.94. The summed E-state index contributed by atoms with van der Waals surface area (Å²) in [7, 11) is 4.07. The zero-order chi connectivity index (χ0) is 20.7. The summed E-state index contributed by atoms with van der Waals surface area (Å²) >= 11 is 0. The molecule has 1 amide bonds. The van der Waals surface area contributed by atoms with E-state index in [0.29, 0.717) is 18.3 Å². The Hall–Kier alpha value is -2.93. The molecular weight excluding hydrogens is 378 g/mol. The number of aryl methyl sites for hydroxylation is 1. The van der Waals surface area contributed by atoms with Gasteiger partial charge in [-0.3, -0.25) is 14.4 Å². The maximum absolute atomic E-state index is 13.4. The number of hydrogen-bond donors (Lipinski definition) is 0. The number of benzene rings is 1. The first-order valence-electron chi connectivity index (χ1n) is 10.6. The average molecular weight is 406 g/mol. The third-order valence-electron chi connectivity index (χ3n) is 6.58. The Labute approximate surface area is 176 Å². The van der Waals surface area contributed by atoms with Crippen molar-refractivity contribution in [1.82, 2.24) is 24.7 Å². The summed E-state index contributed by atoms with van der Waals surface area (Å²) in [4.78, 5) is 17.7. The molecular formula is C23H27N5O2. The third kappa shape index (κ3) is 3.43. The monoisotopic (exact) mass is 405 g/mol. The fourth-order valence-electron chi connectivity index (χ4n) is 4.84. The second kappa shape index (κ2) is 7.72. The Morgan fingerprint density at radius 3 is 2.87 bits per heavy atom. The highest BCUT2D eigenvalue weighted by Crippen LogP contribution is 2.29. The van der Waals surface area contributed by atoms with Gasteiger partial charge < -0.3 is 9.42 Å². The lowest BCUT2D eigenvalue weighted by Crippen LogP contribution is -2.39. The van der Waals surface area contributed by atoms with E-state index in [2.05, 4.69) is 40.4 Å². The summed E-state index contributed by atoms with van der Waals surface area (Å²) in [5.74, 6) is 0.0566. The van der Waals surface area contributed by atoms with Crippen LogP contribution in [0.15, 0.2) is 41.1 Å². The van der Waals surface area contributed by atoms with Crippen molar-refractivity contribution < 1.29 is 9.32 Å². The van der Waals surface area contributed by atoms with E-state index >= 15 is 0 Å². The first-order valence-corrected chi connectivity index (χ1v) is 10.6. The molecule has 156 valence electrons. The SMILES string of the molecule is CN(Cc1ccon1)C1CCc2c(c(C(=O)N3CCc4ccccc4C3)nn2C)C1. The second-order valence-corrected chi connectivity index (χ2v) is 8.45. The number of aromatic nitrogens is 3. The molecule has 5 rings (SSSR count). The standard InChI is InChI=1S/C23H27N5O2/c1-26(15-18-10-12-30-25-18)19-7-8-21-20(13-19)22(24-27(21)2)23(29)28-11-9-16-5-3-4-6-17(16)14-28/h3-6,10,12,19H,7-9,11,13-15H2,1-2H3. The minimum Gasteiger partial charge on any atom is -0.364 e. The van der Waals surface area contributed by atoms with Gasteiger partial charge >= 0.3 is 0 Å². The fourth-order valence-corrected chi connectivity index (χ4v) is 4.84. The normalized spacial score (nSPS) is 18.4. The minimum atomic E-state index is 0.0566. The Morgan fingerprint density at radius 2 is 2.07 bits per heavy atom. The van der Waals surface area contributed by atoms with Crippen LogP contribution in [0.3, 0.4) is 0 Å². The summed E-state index contributed by atoms with van der Waals surface area (Å²) in [5.41, 5.74) is 6.46. The fraction of sp³-hybridized carbons (Fsp3) is 0.435. The van der Waals surface area contributed by atoms with Gasteiger partial charge in [-0.05, 0) is 43.9 Å². The van der Waals surface area contributed by atoms with Crippen molar-refractivity contribution in [1.29, 1.82) is 0 Å². The van der Waals surface area contributed by atoms with Crippen LogP contribution in [0.25, 0.3) is 0 Å². The molecule has 0 spiro atoms. The molecule has 1 unspecified atom stereocenters. The Bertz CT molecular complexity index is 1060. The number of amides is 1. The van der Waals surface area contributed by atoms with Crippen molar-refractivity contribution in [3.05, 3.63) is 70.4 Å². The van der Waals surface area contributed by atoms with E-state index in [1.54, 1.807) is 6.26 Å². The van der Waals surface area contributed by atoms with Gasteiger partial charge in [-0.2, -0.15) is 5.10 Å². The molecule has 3 aromatic rings. The van der Waals surface area contributed by atoms with Crippen LogP contribution < -0.4 is 0 Å². The molecule has 1 aliphatic heterocycles. The lowest BCUT2D eigenvalue weighted by molar-refractivity contribution is 0.0726. The molecule has 7 nitrogen and oxygen atoms in total. The van der Waals surface area contributed by atoms with Crippen LogP contribution in [0.1, 0.15) is 45.0 Å². The summed E-state index contributed by atoms with van der Waals surface area (Å²) in [6, 6.07) is 10.7. The van der Waals surface area contributed by atoms with Gasteiger partial charge in [0.25, 0.3) is 5.91 Å². The van der Waals surface area contributed by atoms with Gasteiger partial charge in [-0.15, -0.1) is 0 Å². The largest absolute Gasteiger partial charge is 0.364 e. The molecule has 2 aromatic heterocycles. The van der Waals surface area contributed by atoms with Crippen molar-refractivity contribution >= 4 is 5.91 Å². The van der Waals surface area contributed by atoms with Crippen molar-refractivity contribution in [2.45, 2.75) is 44.8 Å². The van der Waals surface area contributed by atoms with Gasteiger partial charge in [-0.25, -0.2) is 0 Å². The van der Waals surface area contributed by atoms with Crippen molar-refractivity contribution in [3.63, 3.8) is 0 Å². The number of nitrogens with zero attached hydrogens (tertiary/aromatic N) is 5. The number of hydrogen-bond acceptors (Lipinski definition) is 5. The first kappa shape index (κ1) is 19.1. The van der Waals surface area contributed by atoms with Crippen LogP contribution in [0.5, 0.6) is 0 Å². The molecule has 30 heavy (non-hydrogen) atoms. The average Bonchev–Trinajstić information content (AvgIpc) is 3.40. The maximum atomic E-state index is 13.4. The zero-order valence-corrected chi connectivity index (χ0v) is 17.5. The summed E-state index contributed by atoms with van der Waals surface area (Å²) in [6.07, 6.45) is 5.33. The molecule has 1 aliphatic carbocycles. The van der Waals surface area contributed by atoms with Crippen molar-refractivity contribution in [3.8, 4) is 0 Å². The molecule has 0 radical (unpaired) electrons. The van der Waals surface area contributed by atoms with Crippen molar-refractivity contribution in [2.75, 3.05) is 13.6 Å². The summed E-state index contributed by atoms with van der Waals surface area (Å²) < 4.78 is 6.88. The number of carbonyl (C=O) groups excluding carboxylic acids is 1. The van der Waals surface area contributed by atoms with Gasteiger partial charge in [0.1, 0.15) is 6.26 Å². The van der Waals surface area contributed by atoms with Crippen molar-refractivity contribution in [2.24, 2.45) is 7.05 Å². The molecule has 0 saturated carbocycles. The maximum Gasteiger partial charge on any atom is 0.274 e. The van der Waals surface area contributed by atoms with E-state index in [1.165, 1.54) is 16.8 Å². The van der Waals surface area contributed by atoms with E-state index in [9.17, 15) is 4.79 Å². The predicted octanol–water partition coefficient (Wildman–Crippen LogP) is 2.60. The highest BCUT2D eigenvalue weighted by atomic mass is 16.5. The van der Waals surface area contributed by atoms with Crippen LogP contribution in [0.4, 0.5) is 0 Å². The van der Waals surface area contributed by atoms with E-state index in [-0.39, 0.29) is 5.91 Å². The molecule has 1 aromatic carbocycles. The molecule has 3 heterocycles. The van der Waals surface area contributed by atoms with Crippen LogP contribution in [-0.2, 0) is 39.4 Å².